The maximum atomic E-state index is 10.6. The molecule has 0 aromatic heterocycles. The van der Waals surface area contributed by atoms with Gasteiger partial charge in [0, 0.05) is 18.0 Å². The number of thioether (sulfide) groups is 1. The molecule has 1 unspecified atom stereocenters. The molecule has 0 fully saturated rings. The Hall–Kier alpha value is -3.05. The molecular formula is C33H41ClN2O4S. The van der Waals surface area contributed by atoms with Gasteiger partial charge in [-0.3, -0.25) is 4.90 Å². The number of rotatable bonds is 13. The van der Waals surface area contributed by atoms with Crippen LogP contribution in [0.5, 0.6) is 23.0 Å². The SMILES string of the molecule is COc1ccc(C(C#N)(CCCCCN2CCc3cc(OC)c(OC)cc3C2)Sc2ccc(C)cc2)cc1OC.Cl. The minimum absolute atomic E-state index is 0. The Morgan fingerprint density at radius 3 is 2.07 bits per heavy atom. The van der Waals surface area contributed by atoms with Gasteiger partial charge in [0.1, 0.15) is 4.75 Å². The molecule has 0 bridgehead atoms. The van der Waals surface area contributed by atoms with Crippen molar-refractivity contribution < 1.29 is 18.9 Å². The maximum Gasteiger partial charge on any atom is 0.161 e. The molecule has 0 saturated heterocycles. The van der Waals surface area contributed by atoms with E-state index in [0.29, 0.717) is 11.5 Å². The van der Waals surface area contributed by atoms with Gasteiger partial charge in [0.05, 0.1) is 34.5 Å². The van der Waals surface area contributed by atoms with Crippen LogP contribution in [-0.4, -0.2) is 46.4 Å². The zero-order valence-corrected chi connectivity index (χ0v) is 26.3. The lowest BCUT2D eigenvalue weighted by Gasteiger charge is -2.30. The first kappa shape index (κ1) is 32.5. The highest BCUT2D eigenvalue weighted by Gasteiger charge is 2.34. The third kappa shape index (κ3) is 7.82. The highest BCUT2D eigenvalue weighted by atomic mass is 35.5. The van der Waals surface area contributed by atoms with Crippen molar-refractivity contribution in [2.24, 2.45) is 0 Å². The molecule has 0 radical (unpaired) electrons. The summed E-state index contributed by atoms with van der Waals surface area (Å²) in [5, 5.41) is 10.6. The van der Waals surface area contributed by atoms with Gasteiger partial charge >= 0.3 is 0 Å². The molecule has 0 amide bonds. The summed E-state index contributed by atoms with van der Waals surface area (Å²) in [6.45, 7) is 5.08. The quantitative estimate of drug-likeness (QED) is 0.149. The third-order valence-electron chi connectivity index (χ3n) is 7.64. The first-order valence-electron chi connectivity index (χ1n) is 13.8. The summed E-state index contributed by atoms with van der Waals surface area (Å²) < 4.78 is 21.3. The first-order chi connectivity index (χ1) is 19.4. The largest absolute Gasteiger partial charge is 0.493 e. The lowest BCUT2D eigenvalue weighted by molar-refractivity contribution is 0.246. The Kier molecular flexibility index (Phi) is 12.1. The van der Waals surface area contributed by atoms with Crippen LogP contribution in [-0.2, 0) is 17.7 Å². The summed E-state index contributed by atoms with van der Waals surface area (Å²) in [5.74, 6) is 2.90. The number of hydrogen-bond acceptors (Lipinski definition) is 7. The van der Waals surface area contributed by atoms with Crippen molar-refractivity contribution in [2.45, 2.75) is 55.2 Å². The van der Waals surface area contributed by atoms with E-state index in [9.17, 15) is 5.26 Å². The van der Waals surface area contributed by atoms with Crippen LogP contribution in [0.1, 0.15) is 47.9 Å². The van der Waals surface area contributed by atoms with Crippen LogP contribution in [0.15, 0.2) is 59.5 Å². The minimum atomic E-state index is -0.728. The number of nitrogens with zero attached hydrogens (tertiary/aromatic N) is 2. The van der Waals surface area contributed by atoms with E-state index in [4.69, 9.17) is 18.9 Å². The van der Waals surface area contributed by atoms with E-state index in [0.717, 1.165) is 73.7 Å². The van der Waals surface area contributed by atoms with E-state index in [1.54, 1.807) is 40.2 Å². The van der Waals surface area contributed by atoms with Gasteiger partial charge in [-0.1, -0.05) is 48.4 Å². The van der Waals surface area contributed by atoms with Gasteiger partial charge in [0.15, 0.2) is 23.0 Å². The van der Waals surface area contributed by atoms with E-state index < -0.39 is 4.75 Å². The molecule has 0 saturated carbocycles. The van der Waals surface area contributed by atoms with Gasteiger partial charge < -0.3 is 18.9 Å². The van der Waals surface area contributed by atoms with Crippen molar-refractivity contribution in [3.05, 3.63) is 76.9 Å². The Morgan fingerprint density at radius 1 is 0.805 bits per heavy atom. The van der Waals surface area contributed by atoms with E-state index in [1.807, 2.05) is 18.2 Å². The second kappa shape index (κ2) is 15.3. The summed E-state index contributed by atoms with van der Waals surface area (Å²) in [7, 11) is 6.63. The van der Waals surface area contributed by atoms with Gasteiger partial charge in [0.25, 0.3) is 0 Å². The van der Waals surface area contributed by atoms with Gasteiger partial charge in [0.2, 0.25) is 0 Å². The van der Waals surface area contributed by atoms with Gasteiger partial charge in [-0.05, 0) is 85.8 Å². The van der Waals surface area contributed by atoms with Gasteiger partial charge in [-0.2, -0.15) is 5.26 Å². The molecule has 3 aromatic rings. The number of methoxy groups -OCH3 is 4. The lowest BCUT2D eigenvalue weighted by Crippen LogP contribution is -2.31. The van der Waals surface area contributed by atoms with Crippen LogP contribution in [0.2, 0.25) is 0 Å². The number of nitriles is 1. The summed E-state index contributed by atoms with van der Waals surface area (Å²) in [4.78, 5) is 3.60. The molecule has 3 aromatic carbocycles. The van der Waals surface area contributed by atoms with Crippen LogP contribution in [0, 0.1) is 18.3 Å². The molecule has 6 nitrogen and oxygen atoms in total. The zero-order chi connectivity index (χ0) is 28.5. The average molecular weight is 597 g/mol. The maximum absolute atomic E-state index is 10.6. The number of aryl methyl sites for hydroxylation is 1. The average Bonchev–Trinajstić information content (AvgIpc) is 3.00. The number of fused-ring (bicyclic) bond motifs is 1. The van der Waals surface area contributed by atoms with Crippen LogP contribution in [0.3, 0.4) is 0 Å². The lowest BCUT2D eigenvalue weighted by atomic mass is 9.92. The summed E-state index contributed by atoms with van der Waals surface area (Å²) in [6, 6.07) is 21.2. The summed E-state index contributed by atoms with van der Waals surface area (Å²) in [5.41, 5.74) is 4.80. The minimum Gasteiger partial charge on any atom is -0.493 e. The van der Waals surface area contributed by atoms with Crippen molar-refractivity contribution in [1.29, 1.82) is 5.26 Å². The molecule has 1 atom stereocenters. The predicted octanol–water partition coefficient (Wildman–Crippen LogP) is 7.58. The highest BCUT2D eigenvalue weighted by molar-refractivity contribution is 8.00. The molecule has 1 heterocycles. The van der Waals surface area contributed by atoms with Crippen LogP contribution >= 0.6 is 24.2 Å². The fourth-order valence-corrected chi connectivity index (χ4v) is 6.52. The predicted molar refractivity (Wildman–Crippen MR) is 168 cm³/mol. The van der Waals surface area contributed by atoms with E-state index >= 15 is 0 Å². The number of halogens is 1. The molecular weight excluding hydrogens is 556 g/mol. The number of benzene rings is 3. The molecule has 0 aliphatic carbocycles. The van der Waals surface area contributed by atoms with Crippen LogP contribution < -0.4 is 18.9 Å². The molecule has 41 heavy (non-hydrogen) atoms. The third-order valence-corrected chi connectivity index (χ3v) is 9.03. The zero-order valence-electron chi connectivity index (χ0n) is 24.7. The van der Waals surface area contributed by atoms with E-state index in [1.165, 1.54) is 16.7 Å². The number of unbranched alkanes of at least 4 members (excludes halogenated alkanes) is 2. The van der Waals surface area contributed by atoms with Crippen molar-refractivity contribution in [3.63, 3.8) is 0 Å². The van der Waals surface area contributed by atoms with Crippen molar-refractivity contribution in [2.75, 3.05) is 41.5 Å². The van der Waals surface area contributed by atoms with Crippen molar-refractivity contribution >= 4 is 24.2 Å². The summed E-state index contributed by atoms with van der Waals surface area (Å²) in [6.07, 6.45) is 4.86. The molecule has 1 aliphatic heterocycles. The molecule has 8 heteroatoms. The van der Waals surface area contributed by atoms with Crippen molar-refractivity contribution in [3.8, 4) is 29.1 Å². The molecule has 0 spiro atoms. The standard InChI is InChI=1S/C33H40N2O4S.ClH/c1-24-9-12-28(13-10-24)40-33(23-34,27-11-14-29(36-2)32(21-27)39-5)16-7-6-8-17-35-18-15-25-19-30(37-3)31(38-4)20-26(25)22-35;/h9-14,19-21H,6-8,15-18,22H2,1-5H3;1H. The Morgan fingerprint density at radius 2 is 1.44 bits per heavy atom. The highest BCUT2D eigenvalue weighted by Crippen LogP contribution is 2.47. The molecule has 220 valence electrons. The Bertz CT molecular complexity index is 1330. The first-order valence-corrected chi connectivity index (χ1v) is 14.6. The van der Waals surface area contributed by atoms with Crippen LogP contribution in [0.4, 0.5) is 0 Å². The Balaban J connectivity index is 0.00000462. The molecule has 1 aliphatic rings. The van der Waals surface area contributed by atoms with E-state index in [-0.39, 0.29) is 12.4 Å². The molecule has 0 N–H and O–H groups in total. The van der Waals surface area contributed by atoms with Gasteiger partial charge in [-0.15, -0.1) is 12.4 Å². The monoisotopic (exact) mass is 596 g/mol. The second-order valence-electron chi connectivity index (χ2n) is 10.2. The second-order valence-corrected chi connectivity index (χ2v) is 11.6. The topological polar surface area (TPSA) is 64.0 Å². The normalized spacial score (nSPS) is 14.1. The van der Waals surface area contributed by atoms with Gasteiger partial charge in [-0.25, -0.2) is 0 Å². The number of hydrogen-bond donors (Lipinski definition) is 0. The number of ether oxygens (including phenoxy) is 4. The van der Waals surface area contributed by atoms with E-state index in [2.05, 4.69) is 54.3 Å². The van der Waals surface area contributed by atoms with Crippen LogP contribution in [0.25, 0.3) is 0 Å². The smallest absolute Gasteiger partial charge is 0.161 e. The fraction of sp³-hybridized carbons (Fsp3) is 0.424. The molecule has 4 rings (SSSR count). The fourth-order valence-electron chi connectivity index (χ4n) is 5.31. The summed E-state index contributed by atoms with van der Waals surface area (Å²) >= 11 is 1.63. The van der Waals surface area contributed by atoms with Crippen molar-refractivity contribution in [1.82, 2.24) is 4.90 Å². The Labute approximate surface area is 255 Å².